The molecular formula is C11H15Cl2NO2S. The highest BCUT2D eigenvalue weighted by atomic mass is 35.5. The maximum atomic E-state index is 11.9. The van der Waals surface area contributed by atoms with Gasteiger partial charge in [-0.1, -0.05) is 25.4 Å². The summed E-state index contributed by atoms with van der Waals surface area (Å²) in [5.41, 5.74) is -0.277. The van der Waals surface area contributed by atoms with Gasteiger partial charge in [-0.05, 0) is 29.7 Å². The monoisotopic (exact) mass is 295 g/mol. The lowest BCUT2D eigenvalue weighted by Crippen LogP contribution is -2.34. The van der Waals surface area contributed by atoms with Gasteiger partial charge in [0.1, 0.15) is 0 Å². The zero-order chi connectivity index (χ0) is 13.1. The van der Waals surface area contributed by atoms with E-state index in [1.54, 1.807) is 12.1 Å². The van der Waals surface area contributed by atoms with Crippen LogP contribution in [0.2, 0.25) is 5.02 Å². The van der Waals surface area contributed by atoms with Gasteiger partial charge in [-0.15, -0.1) is 11.6 Å². The number of hydrogen-bond acceptors (Lipinski definition) is 2. The van der Waals surface area contributed by atoms with Crippen molar-refractivity contribution in [3.63, 3.8) is 0 Å². The molecule has 0 heterocycles. The van der Waals surface area contributed by atoms with Crippen LogP contribution in [0.3, 0.4) is 0 Å². The molecule has 96 valence electrons. The Morgan fingerprint density at radius 3 is 2.24 bits per heavy atom. The summed E-state index contributed by atoms with van der Waals surface area (Å²) >= 11 is 11.4. The van der Waals surface area contributed by atoms with Gasteiger partial charge in [0.15, 0.2) is 0 Å². The van der Waals surface area contributed by atoms with Gasteiger partial charge < -0.3 is 0 Å². The quantitative estimate of drug-likeness (QED) is 0.849. The van der Waals surface area contributed by atoms with Gasteiger partial charge in [-0.25, -0.2) is 13.1 Å². The Hall–Kier alpha value is -0.290. The van der Waals surface area contributed by atoms with E-state index in [0.29, 0.717) is 17.4 Å². The smallest absolute Gasteiger partial charge is 0.211 e. The van der Waals surface area contributed by atoms with Crippen molar-refractivity contribution in [3.8, 4) is 0 Å². The molecule has 0 aliphatic rings. The van der Waals surface area contributed by atoms with Crippen LogP contribution < -0.4 is 4.72 Å². The predicted molar refractivity (Wildman–Crippen MR) is 71.1 cm³/mol. The highest BCUT2D eigenvalue weighted by Gasteiger charge is 2.21. The second-order valence-corrected chi connectivity index (χ2v) is 7.05. The lowest BCUT2D eigenvalue weighted by atomic mass is 9.97. The molecule has 0 spiro atoms. The molecule has 1 N–H and O–H groups in total. The first-order valence-corrected chi connectivity index (χ1v) is 7.48. The van der Waals surface area contributed by atoms with Crippen molar-refractivity contribution in [2.24, 2.45) is 5.41 Å². The standard InChI is InChI=1S/C11H15Cl2NO2S/c1-11(2,7-12)8-14-17(15,16)10-5-3-9(13)4-6-10/h3-6,14H,7-8H2,1-2H3. The number of benzene rings is 1. The van der Waals surface area contributed by atoms with E-state index >= 15 is 0 Å². The molecule has 0 aliphatic heterocycles. The van der Waals surface area contributed by atoms with E-state index in [0.717, 1.165) is 0 Å². The average Bonchev–Trinajstić information content (AvgIpc) is 2.27. The molecule has 1 rings (SSSR count). The van der Waals surface area contributed by atoms with Crippen LogP contribution in [-0.2, 0) is 10.0 Å². The summed E-state index contributed by atoms with van der Waals surface area (Å²) in [6, 6.07) is 6.03. The van der Waals surface area contributed by atoms with Crippen LogP contribution in [0.1, 0.15) is 13.8 Å². The van der Waals surface area contributed by atoms with Gasteiger partial charge >= 0.3 is 0 Å². The van der Waals surface area contributed by atoms with Crippen LogP contribution in [0, 0.1) is 5.41 Å². The Balaban J connectivity index is 2.79. The SMILES string of the molecule is CC(C)(CCl)CNS(=O)(=O)c1ccc(Cl)cc1. The second-order valence-electron chi connectivity index (χ2n) is 4.58. The van der Waals surface area contributed by atoms with Crippen LogP contribution >= 0.6 is 23.2 Å². The molecule has 3 nitrogen and oxygen atoms in total. The lowest BCUT2D eigenvalue weighted by Gasteiger charge is -2.21. The van der Waals surface area contributed by atoms with Crippen molar-refractivity contribution in [1.29, 1.82) is 0 Å². The van der Waals surface area contributed by atoms with Gasteiger partial charge in [0, 0.05) is 17.4 Å². The number of halogens is 2. The molecule has 0 saturated heterocycles. The number of alkyl halides is 1. The number of sulfonamides is 1. The second kappa shape index (κ2) is 5.57. The topological polar surface area (TPSA) is 46.2 Å². The summed E-state index contributed by atoms with van der Waals surface area (Å²) < 4.78 is 26.3. The summed E-state index contributed by atoms with van der Waals surface area (Å²) in [7, 11) is -3.49. The summed E-state index contributed by atoms with van der Waals surface area (Å²) in [6.07, 6.45) is 0. The molecule has 1 aromatic rings. The van der Waals surface area contributed by atoms with Crippen LogP contribution in [0.4, 0.5) is 0 Å². The Morgan fingerprint density at radius 2 is 1.76 bits per heavy atom. The van der Waals surface area contributed by atoms with Gasteiger partial charge in [0.05, 0.1) is 4.90 Å². The van der Waals surface area contributed by atoms with Gasteiger partial charge in [-0.2, -0.15) is 0 Å². The van der Waals surface area contributed by atoms with E-state index in [1.165, 1.54) is 12.1 Å². The first-order valence-electron chi connectivity index (χ1n) is 5.08. The minimum absolute atomic E-state index is 0.201. The molecule has 0 radical (unpaired) electrons. The minimum Gasteiger partial charge on any atom is -0.211 e. The summed E-state index contributed by atoms with van der Waals surface area (Å²) in [6.45, 7) is 4.08. The summed E-state index contributed by atoms with van der Waals surface area (Å²) in [4.78, 5) is 0.201. The van der Waals surface area contributed by atoms with Crippen molar-refractivity contribution in [1.82, 2.24) is 4.72 Å². The Kier molecular flexibility index (Phi) is 4.84. The first-order chi connectivity index (χ1) is 7.77. The van der Waals surface area contributed by atoms with Gasteiger partial charge in [0.25, 0.3) is 0 Å². The van der Waals surface area contributed by atoms with Gasteiger partial charge in [0.2, 0.25) is 10.0 Å². The zero-order valence-corrected chi connectivity index (χ0v) is 12.0. The fourth-order valence-corrected chi connectivity index (χ4v) is 2.50. The van der Waals surface area contributed by atoms with E-state index in [2.05, 4.69) is 4.72 Å². The zero-order valence-electron chi connectivity index (χ0n) is 9.70. The van der Waals surface area contributed by atoms with Crippen LogP contribution in [0.5, 0.6) is 0 Å². The van der Waals surface area contributed by atoms with Crippen molar-refractivity contribution >= 4 is 33.2 Å². The van der Waals surface area contributed by atoms with Crippen LogP contribution in [-0.4, -0.2) is 20.8 Å². The average molecular weight is 296 g/mol. The molecule has 17 heavy (non-hydrogen) atoms. The Labute approximate surface area is 112 Å². The molecule has 0 aliphatic carbocycles. The van der Waals surface area contributed by atoms with E-state index in [9.17, 15) is 8.42 Å². The van der Waals surface area contributed by atoms with Crippen molar-refractivity contribution in [2.45, 2.75) is 18.7 Å². The number of nitrogens with one attached hydrogen (secondary N) is 1. The number of rotatable bonds is 5. The minimum atomic E-state index is -3.49. The van der Waals surface area contributed by atoms with E-state index in [4.69, 9.17) is 23.2 Å². The summed E-state index contributed by atoms with van der Waals surface area (Å²) in [5, 5.41) is 0.505. The third-order valence-electron chi connectivity index (χ3n) is 2.23. The molecular weight excluding hydrogens is 281 g/mol. The lowest BCUT2D eigenvalue weighted by molar-refractivity contribution is 0.414. The van der Waals surface area contributed by atoms with Crippen molar-refractivity contribution < 1.29 is 8.42 Å². The number of hydrogen-bond donors (Lipinski definition) is 1. The normalized spacial score (nSPS) is 12.7. The third kappa shape index (κ3) is 4.47. The molecule has 0 fully saturated rings. The molecule has 6 heteroatoms. The highest BCUT2D eigenvalue weighted by molar-refractivity contribution is 7.89. The van der Waals surface area contributed by atoms with Crippen LogP contribution in [0.15, 0.2) is 29.2 Å². The molecule has 0 amide bonds. The first kappa shape index (κ1) is 14.8. The molecule has 0 aromatic heterocycles. The molecule has 0 atom stereocenters. The Bertz CT molecular complexity index is 469. The fourth-order valence-electron chi connectivity index (χ4n) is 1.03. The van der Waals surface area contributed by atoms with E-state index < -0.39 is 10.0 Å². The summed E-state index contributed by atoms with van der Waals surface area (Å²) in [5.74, 6) is 0.385. The molecule has 0 saturated carbocycles. The van der Waals surface area contributed by atoms with Crippen molar-refractivity contribution in [2.75, 3.05) is 12.4 Å². The van der Waals surface area contributed by atoms with E-state index in [-0.39, 0.29) is 10.3 Å². The highest BCUT2D eigenvalue weighted by Crippen LogP contribution is 2.18. The molecule has 1 aromatic carbocycles. The fraction of sp³-hybridized carbons (Fsp3) is 0.455. The predicted octanol–water partition coefficient (Wildman–Crippen LogP) is 2.88. The third-order valence-corrected chi connectivity index (χ3v) is 4.62. The Morgan fingerprint density at radius 1 is 1.24 bits per heavy atom. The van der Waals surface area contributed by atoms with Crippen molar-refractivity contribution in [3.05, 3.63) is 29.3 Å². The molecule has 0 bridgehead atoms. The van der Waals surface area contributed by atoms with Crippen LogP contribution in [0.25, 0.3) is 0 Å². The van der Waals surface area contributed by atoms with E-state index in [1.807, 2.05) is 13.8 Å². The maximum Gasteiger partial charge on any atom is 0.240 e. The largest absolute Gasteiger partial charge is 0.240 e. The van der Waals surface area contributed by atoms with Gasteiger partial charge in [-0.3, -0.25) is 0 Å². The molecule has 0 unspecified atom stereocenters. The maximum absolute atomic E-state index is 11.9.